The van der Waals surface area contributed by atoms with E-state index in [-0.39, 0.29) is 17.4 Å². The normalized spacial score (nSPS) is 19.1. The molecule has 2 aliphatic rings. The maximum Gasteiger partial charge on any atom is 0.294 e. The van der Waals surface area contributed by atoms with Crippen LogP contribution in [0.1, 0.15) is 24.8 Å². The Bertz CT molecular complexity index is 799. The number of likely N-dealkylation sites (tertiary alicyclic amines) is 1. The quantitative estimate of drug-likeness (QED) is 0.676. The fraction of sp³-hybridized carbons (Fsp3) is 0.389. The molecule has 0 aliphatic carbocycles. The number of methoxy groups -OCH3 is 1. The summed E-state index contributed by atoms with van der Waals surface area (Å²) in [7, 11) is 1.46. The summed E-state index contributed by atoms with van der Waals surface area (Å²) in [6.45, 7) is 1.12. The molecule has 0 saturated carbocycles. The summed E-state index contributed by atoms with van der Waals surface area (Å²) in [5.74, 6) is -0.345. The molecule has 3 rings (SSSR count). The van der Waals surface area contributed by atoms with E-state index in [2.05, 4.69) is 0 Å². The van der Waals surface area contributed by atoms with Crippen LogP contribution in [0.3, 0.4) is 0 Å². The van der Waals surface area contributed by atoms with Gasteiger partial charge in [-0.2, -0.15) is 0 Å². The smallest absolute Gasteiger partial charge is 0.294 e. The van der Waals surface area contributed by atoms with Crippen LogP contribution in [0.4, 0.5) is 4.79 Å². The van der Waals surface area contributed by atoms with Crippen LogP contribution in [0.5, 0.6) is 5.75 Å². The maximum absolute atomic E-state index is 12.6. The summed E-state index contributed by atoms with van der Waals surface area (Å²) in [6, 6.07) is 3.19. The van der Waals surface area contributed by atoms with Crippen LogP contribution in [-0.2, 0) is 9.59 Å². The van der Waals surface area contributed by atoms with Crippen molar-refractivity contribution in [3.05, 3.63) is 32.6 Å². The molecule has 1 aromatic rings. The Morgan fingerprint density at radius 1 is 1.19 bits per heavy atom. The van der Waals surface area contributed by atoms with Gasteiger partial charge in [-0.15, -0.1) is 0 Å². The Labute approximate surface area is 171 Å². The second-order valence-corrected chi connectivity index (χ2v) is 8.03. The first-order valence-electron chi connectivity index (χ1n) is 8.47. The molecular formula is C18H18Cl2N2O4S. The van der Waals surface area contributed by atoms with Crippen molar-refractivity contribution in [2.45, 2.75) is 19.3 Å². The number of halogens is 2. The number of carbonyl (C=O) groups is 3. The summed E-state index contributed by atoms with van der Waals surface area (Å²) in [5, 5.41) is 0.147. The van der Waals surface area contributed by atoms with Gasteiger partial charge in [0.15, 0.2) is 5.75 Å². The van der Waals surface area contributed by atoms with E-state index in [4.69, 9.17) is 27.9 Å². The first-order valence-corrected chi connectivity index (χ1v) is 10.0. The lowest BCUT2D eigenvalue weighted by atomic mass is 10.1. The summed E-state index contributed by atoms with van der Waals surface area (Å²) >= 11 is 13.0. The van der Waals surface area contributed by atoms with Gasteiger partial charge in [-0.1, -0.05) is 23.2 Å². The number of piperidine rings is 1. The number of ether oxygens (including phenoxy) is 1. The molecule has 0 N–H and O–H groups in total. The van der Waals surface area contributed by atoms with Crippen molar-refractivity contribution in [3.63, 3.8) is 0 Å². The van der Waals surface area contributed by atoms with E-state index in [1.54, 1.807) is 17.0 Å². The molecule has 2 aliphatic heterocycles. The summed E-state index contributed by atoms with van der Waals surface area (Å²) in [4.78, 5) is 40.1. The van der Waals surface area contributed by atoms with Gasteiger partial charge in [-0.25, -0.2) is 0 Å². The highest BCUT2D eigenvalue weighted by Crippen LogP contribution is 2.37. The zero-order valence-corrected chi connectivity index (χ0v) is 17.0. The average molecular weight is 429 g/mol. The van der Waals surface area contributed by atoms with E-state index >= 15 is 0 Å². The van der Waals surface area contributed by atoms with Crippen molar-refractivity contribution in [2.75, 3.05) is 26.7 Å². The monoisotopic (exact) mass is 428 g/mol. The van der Waals surface area contributed by atoms with Crippen LogP contribution >= 0.6 is 35.0 Å². The Balaban J connectivity index is 1.75. The van der Waals surface area contributed by atoms with Gasteiger partial charge < -0.3 is 9.64 Å². The van der Waals surface area contributed by atoms with Crippen molar-refractivity contribution in [3.8, 4) is 5.75 Å². The Morgan fingerprint density at radius 2 is 1.81 bits per heavy atom. The molecule has 0 aromatic heterocycles. The predicted molar refractivity (Wildman–Crippen MR) is 106 cm³/mol. The SMILES string of the molecule is COc1c(Cl)cc(/C=C2\SC(=O)N(CC(=O)N3CCCCC3)C2=O)cc1Cl. The highest BCUT2D eigenvalue weighted by Gasteiger charge is 2.37. The van der Waals surface area contributed by atoms with E-state index in [1.807, 2.05) is 0 Å². The Kier molecular flexibility index (Phi) is 6.34. The number of benzene rings is 1. The van der Waals surface area contributed by atoms with E-state index in [9.17, 15) is 14.4 Å². The van der Waals surface area contributed by atoms with Crippen molar-refractivity contribution < 1.29 is 19.1 Å². The van der Waals surface area contributed by atoms with Crippen LogP contribution in [-0.4, -0.2) is 53.6 Å². The first-order chi connectivity index (χ1) is 12.9. The van der Waals surface area contributed by atoms with Gasteiger partial charge in [0.25, 0.3) is 11.1 Å². The third kappa shape index (κ3) is 4.42. The molecule has 144 valence electrons. The van der Waals surface area contributed by atoms with Crippen molar-refractivity contribution in [1.82, 2.24) is 9.80 Å². The van der Waals surface area contributed by atoms with Crippen molar-refractivity contribution in [2.24, 2.45) is 0 Å². The van der Waals surface area contributed by atoms with Gasteiger partial charge in [0.1, 0.15) is 6.54 Å². The van der Waals surface area contributed by atoms with Crippen LogP contribution in [0.2, 0.25) is 10.0 Å². The van der Waals surface area contributed by atoms with E-state index < -0.39 is 11.1 Å². The summed E-state index contributed by atoms with van der Waals surface area (Å²) < 4.78 is 5.10. The van der Waals surface area contributed by atoms with Crippen LogP contribution in [0.25, 0.3) is 6.08 Å². The number of amides is 3. The van der Waals surface area contributed by atoms with Gasteiger partial charge in [0, 0.05) is 13.1 Å². The predicted octanol–water partition coefficient (Wildman–Crippen LogP) is 4.05. The number of carbonyl (C=O) groups excluding carboxylic acids is 3. The average Bonchev–Trinajstić information content (AvgIpc) is 2.89. The topological polar surface area (TPSA) is 66.9 Å². The molecule has 0 bridgehead atoms. The van der Waals surface area contributed by atoms with Gasteiger partial charge >= 0.3 is 0 Å². The molecule has 3 amide bonds. The van der Waals surface area contributed by atoms with Crippen LogP contribution < -0.4 is 4.74 Å². The van der Waals surface area contributed by atoms with Gasteiger partial charge in [-0.3, -0.25) is 19.3 Å². The third-order valence-electron chi connectivity index (χ3n) is 4.40. The molecule has 9 heteroatoms. The first kappa shape index (κ1) is 20.0. The molecule has 2 heterocycles. The zero-order valence-electron chi connectivity index (χ0n) is 14.7. The lowest BCUT2D eigenvalue weighted by Gasteiger charge is -2.27. The highest BCUT2D eigenvalue weighted by molar-refractivity contribution is 8.18. The molecule has 2 saturated heterocycles. The van der Waals surface area contributed by atoms with E-state index in [0.29, 0.717) is 34.4 Å². The fourth-order valence-corrected chi connectivity index (χ4v) is 4.52. The molecule has 0 atom stereocenters. The molecule has 0 unspecified atom stereocenters. The molecule has 2 fully saturated rings. The summed E-state index contributed by atoms with van der Waals surface area (Å²) in [6.07, 6.45) is 4.54. The Morgan fingerprint density at radius 3 is 2.41 bits per heavy atom. The second kappa shape index (κ2) is 8.54. The molecule has 0 radical (unpaired) electrons. The second-order valence-electron chi connectivity index (χ2n) is 6.23. The van der Waals surface area contributed by atoms with Crippen molar-refractivity contribution >= 4 is 58.1 Å². The summed E-state index contributed by atoms with van der Waals surface area (Å²) in [5.41, 5.74) is 0.568. The molecule has 27 heavy (non-hydrogen) atoms. The van der Waals surface area contributed by atoms with Gasteiger partial charge in [0.2, 0.25) is 5.91 Å². The largest absolute Gasteiger partial charge is 0.494 e. The fourth-order valence-electron chi connectivity index (χ4n) is 3.02. The number of thioether (sulfide) groups is 1. The van der Waals surface area contributed by atoms with Gasteiger partial charge in [0.05, 0.1) is 22.1 Å². The van der Waals surface area contributed by atoms with E-state index in [1.165, 1.54) is 13.2 Å². The molecule has 0 spiro atoms. The highest BCUT2D eigenvalue weighted by atomic mass is 35.5. The molecule has 1 aromatic carbocycles. The number of imide groups is 1. The van der Waals surface area contributed by atoms with Crippen LogP contribution in [0, 0.1) is 0 Å². The molecule has 6 nitrogen and oxygen atoms in total. The maximum atomic E-state index is 12.6. The van der Waals surface area contributed by atoms with Crippen molar-refractivity contribution in [1.29, 1.82) is 0 Å². The lowest BCUT2D eigenvalue weighted by Crippen LogP contribution is -2.44. The molecular weight excluding hydrogens is 411 g/mol. The number of hydrogen-bond acceptors (Lipinski definition) is 5. The minimum atomic E-state index is -0.488. The number of hydrogen-bond donors (Lipinski definition) is 0. The zero-order chi connectivity index (χ0) is 19.6. The van der Waals surface area contributed by atoms with Crippen LogP contribution in [0.15, 0.2) is 17.0 Å². The van der Waals surface area contributed by atoms with E-state index in [0.717, 1.165) is 35.9 Å². The third-order valence-corrected chi connectivity index (χ3v) is 5.87. The van der Waals surface area contributed by atoms with Gasteiger partial charge in [-0.05, 0) is 54.8 Å². The lowest BCUT2D eigenvalue weighted by molar-refractivity contribution is -0.136. The number of nitrogens with zero attached hydrogens (tertiary/aromatic N) is 2. The minimum absolute atomic E-state index is 0.200. The Hall–Kier alpha value is -1.70. The number of rotatable bonds is 4. The minimum Gasteiger partial charge on any atom is -0.494 e. The standard InChI is InChI=1S/C18H18Cl2N2O4S/c1-26-16-12(19)7-11(8-13(16)20)9-14-17(24)22(18(25)27-14)10-15(23)21-5-3-2-4-6-21/h7-9H,2-6,10H2,1H3/b14-9-.